The maximum absolute atomic E-state index is 13.0. The Morgan fingerprint density at radius 1 is 1.24 bits per heavy atom. The summed E-state index contributed by atoms with van der Waals surface area (Å²) in [5.41, 5.74) is 8.62. The van der Waals surface area contributed by atoms with Crippen LogP contribution in [-0.4, -0.2) is 5.91 Å². The lowest BCUT2D eigenvalue weighted by molar-refractivity contribution is -0.122. The van der Waals surface area contributed by atoms with Crippen LogP contribution in [0.3, 0.4) is 0 Å². The van der Waals surface area contributed by atoms with E-state index in [1.165, 1.54) is 12.1 Å². The van der Waals surface area contributed by atoms with Gasteiger partial charge in [-0.3, -0.25) is 4.79 Å². The molecule has 1 amide bonds. The number of rotatable bonds is 3. The van der Waals surface area contributed by atoms with Gasteiger partial charge in [0.05, 0.1) is 0 Å². The second-order valence-electron chi connectivity index (χ2n) is 5.56. The van der Waals surface area contributed by atoms with Crippen molar-refractivity contribution in [3.8, 4) is 0 Å². The van der Waals surface area contributed by atoms with Crippen LogP contribution in [0.2, 0.25) is 0 Å². The highest BCUT2D eigenvalue weighted by atomic mass is 19.1. The van der Waals surface area contributed by atoms with Gasteiger partial charge in [-0.05, 0) is 55.2 Å². The molecule has 3 nitrogen and oxygen atoms in total. The Morgan fingerprint density at radius 3 is 2.62 bits per heavy atom. The Labute approximate surface area is 123 Å². The summed E-state index contributed by atoms with van der Waals surface area (Å²) >= 11 is 0. The van der Waals surface area contributed by atoms with Crippen LogP contribution < -0.4 is 11.1 Å². The van der Waals surface area contributed by atoms with E-state index in [9.17, 15) is 9.18 Å². The second kappa shape index (κ2) is 4.88. The summed E-state index contributed by atoms with van der Waals surface area (Å²) in [7, 11) is 0. The van der Waals surface area contributed by atoms with Crippen LogP contribution in [0.5, 0.6) is 0 Å². The predicted octanol–water partition coefficient (Wildman–Crippen LogP) is 2.87. The maximum atomic E-state index is 13.0. The lowest BCUT2D eigenvalue weighted by atomic mass is 9.89. The van der Waals surface area contributed by atoms with E-state index in [0.717, 1.165) is 23.1 Å². The Balaban J connectivity index is 2.05. The highest BCUT2D eigenvalue weighted by molar-refractivity contribution is 5.91. The minimum absolute atomic E-state index is 0.309. The Hall–Kier alpha value is -2.36. The van der Waals surface area contributed by atoms with Crippen molar-refractivity contribution < 1.29 is 9.18 Å². The minimum atomic E-state index is -0.917. The fourth-order valence-corrected chi connectivity index (χ4v) is 2.99. The highest BCUT2D eigenvalue weighted by Crippen LogP contribution is 2.40. The number of amides is 1. The van der Waals surface area contributed by atoms with Gasteiger partial charge in [-0.25, -0.2) is 4.39 Å². The van der Waals surface area contributed by atoms with Crippen LogP contribution in [0, 0.1) is 12.7 Å². The molecule has 0 aliphatic heterocycles. The van der Waals surface area contributed by atoms with Crippen molar-refractivity contribution >= 4 is 11.6 Å². The third-order valence-electron chi connectivity index (χ3n) is 4.12. The van der Waals surface area contributed by atoms with Gasteiger partial charge in [-0.2, -0.15) is 0 Å². The van der Waals surface area contributed by atoms with Crippen molar-refractivity contribution in [2.75, 3.05) is 5.32 Å². The van der Waals surface area contributed by atoms with Gasteiger partial charge in [0.1, 0.15) is 11.4 Å². The van der Waals surface area contributed by atoms with E-state index >= 15 is 0 Å². The molecule has 3 N–H and O–H groups in total. The van der Waals surface area contributed by atoms with E-state index < -0.39 is 11.4 Å². The first-order valence-electron chi connectivity index (χ1n) is 6.95. The van der Waals surface area contributed by atoms with Crippen molar-refractivity contribution in [1.82, 2.24) is 0 Å². The molecule has 0 heterocycles. The van der Waals surface area contributed by atoms with E-state index in [1.807, 2.05) is 25.1 Å². The predicted molar refractivity (Wildman–Crippen MR) is 80.4 cm³/mol. The molecule has 1 atom stereocenters. The quantitative estimate of drug-likeness (QED) is 0.910. The molecular weight excluding hydrogens is 267 g/mol. The number of hydrogen-bond donors (Lipinski definition) is 2. The molecule has 0 spiro atoms. The van der Waals surface area contributed by atoms with Gasteiger partial charge in [0, 0.05) is 5.69 Å². The van der Waals surface area contributed by atoms with Gasteiger partial charge >= 0.3 is 0 Å². The van der Waals surface area contributed by atoms with E-state index in [2.05, 4.69) is 5.32 Å². The normalized spacial score (nSPS) is 20.1. The van der Waals surface area contributed by atoms with Crippen molar-refractivity contribution in [2.24, 2.45) is 5.73 Å². The number of carbonyl (C=O) groups is 1. The van der Waals surface area contributed by atoms with E-state index in [4.69, 9.17) is 5.73 Å². The van der Waals surface area contributed by atoms with Gasteiger partial charge in [0.2, 0.25) is 5.91 Å². The number of nitrogens with one attached hydrogen (secondary N) is 1. The van der Waals surface area contributed by atoms with Gasteiger partial charge in [-0.1, -0.05) is 23.8 Å². The number of fused-ring (bicyclic) bond motifs is 1. The summed E-state index contributed by atoms with van der Waals surface area (Å²) in [4.78, 5) is 12.2. The molecule has 0 bridgehead atoms. The maximum Gasteiger partial charge on any atom is 0.247 e. The lowest BCUT2D eigenvalue weighted by Gasteiger charge is -2.29. The number of nitrogens with two attached hydrogens (primary N) is 1. The molecule has 1 aliphatic rings. The number of aryl methyl sites for hydroxylation is 2. The number of benzene rings is 2. The lowest BCUT2D eigenvalue weighted by Crippen LogP contribution is -2.46. The summed E-state index contributed by atoms with van der Waals surface area (Å²) in [6, 6.07) is 12.0. The first kappa shape index (κ1) is 13.6. The molecule has 108 valence electrons. The Morgan fingerprint density at radius 2 is 1.95 bits per heavy atom. The molecule has 1 aliphatic carbocycles. The van der Waals surface area contributed by atoms with Gasteiger partial charge < -0.3 is 11.1 Å². The highest BCUT2D eigenvalue weighted by Gasteiger charge is 2.44. The molecule has 21 heavy (non-hydrogen) atoms. The molecule has 0 saturated carbocycles. The molecule has 4 heteroatoms. The Kier molecular flexibility index (Phi) is 3.16. The first-order valence-corrected chi connectivity index (χ1v) is 6.95. The SMILES string of the molecule is Cc1ccc2c(c1)C(Nc1ccc(F)cc1)(C(N)=O)CC2. The largest absolute Gasteiger partial charge is 0.368 e. The van der Waals surface area contributed by atoms with Gasteiger partial charge in [0.25, 0.3) is 0 Å². The van der Waals surface area contributed by atoms with E-state index in [1.54, 1.807) is 12.1 Å². The molecule has 0 fully saturated rings. The number of carbonyl (C=O) groups excluding carboxylic acids is 1. The van der Waals surface area contributed by atoms with Crippen LogP contribution in [0.4, 0.5) is 10.1 Å². The second-order valence-corrected chi connectivity index (χ2v) is 5.56. The van der Waals surface area contributed by atoms with Crippen LogP contribution >= 0.6 is 0 Å². The summed E-state index contributed by atoms with van der Waals surface area (Å²) in [6.07, 6.45) is 1.41. The third kappa shape index (κ3) is 2.27. The van der Waals surface area contributed by atoms with Crippen molar-refractivity contribution in [1.29, 1.82) is 0 Å². The topological polar surface area (TPSA) is 55.1 Å². The van der Waals surface area contributed by atoms with Crippen molar-refractivity contribution in [2.45, 2.75) is 25.3 Å². The van der Waals surface area contributed by atoms with Gasteiger partial charge in [-0.15, -0.1) is 0 Å². The summed E-state index contributed by atoms with van der Waals surface area (Å²) in [5.74, 6) is -0.715. The minimum Gasteiger partial charge on any atom is -0.368 e. The van der Waals surface area contributed by atoms with Crippen molar-refractivity contribution in [3.63, 3.8) is 0 Å². The number of anilines is 1. The molecule has 0 aromatic heterocycles. The van der Waals surface area contributed by atoms with Gasteiger partial charge in [0.15, 0.2) is 0 Å². The molecule has 2 aromatic rings. The monoisotopic (exact) mass is 284 g/mol. The average Bonchev–Trinajstić information content (AvgIpc) is 2.81. The standard InChI is InChI=1S/C17H17FN2O/c1-11-2-3-12-8-9-17(16(19)21,15(12)10-11)20-14-6-4-13(18)5-7-14/h2-7,10,20H,8-9H2,1H3,(H2,19,21). The van der Waals surface area contributed by atoms with Crippen LogP contribution in [0.25, 0.3) is 0 Å². The smallest absolute Gasteiger partial charge is 0.247 e. The molecule has 1 unspecified atom stereocenters. The van der Waals surface area contributed by atoms with Crippen molar-refractivity contribution in [3.05, 3.63) is 65.0 Å². The molecule has 0 saturated heterocycles. The zero-order valence-corrected chi connectivity index (χ0v) is 11.8. The zero-order chi connectivity index (χ0) is 15.0. The molecule has 3 rings (SSSR count). The summed E-state index contributed by atoms with van der Waals surface area (Å²) in [5, 5.41) is 3.22. The molecule has 0 radical (unpaired) electrons. The third-order valence-corrected chi connectivity index (χ3v) is 4.12. The van der Waals surface area contributed by atoms with Crippen LogP contribution in [0.15, 0.2) is 42.5 Å². The van der Waals surface area contributed by atoms with E-state index in [0.29, 0.717) is 12.1 Å². The first-order chi connectivity index (χ1) is 10.0. The van der Waals surface area contributed by atoms with E-state index in [-0.39, 0.29) is 5.82 Å². The number of halogens is 1. The average molecular weight is 284 g/mol. The zero-order valence-electron chi connectivity index (χ0n) is 11.8. The molecular formula is C17H17FN2O. The molecule has 2 aromatic carbocycles. The number of hydrogen-bond acceptors (Lipinski definition) is 2. The summed E-state index contributed by atoms with van der Waals surface area (Å²) < 4.78 is 13.0. The number of primary amides is 1. The van der Waals surface area contributed by atoms with Crippen LogP contribution in [0.1, 0.15) is 23.1 Å². The van der Waals surface area contributed by atoms with Crippen LogP contribution in [-0.2, 0) is 16.8 Å². The fraction of sp³-hybridized carbons (Fsp3) is 0.235. The fourth-order valence-electron chi connectivity index (χ4n) is 2.99. The summed E-state index contributed by atoms with van der Waals surface area (Å²) in [6.45, 7) is 1.99. The Bertz CT molecular complexity index is 696.